The molecule has 4 rings (SSSR count). The molecule has 3 N–H and O–H groups in total. The third-order valence-electron chi connectivity index (χ3n) is 5.19. The van der Waals surface area contributed by atoms with Crippen molar-refractivity contribution in [2.75, 3.05) is 16.8 Å². The minimum Gasteiger partial charge on any atom is -0.351 e. The summed E-state index contributed by atoms with van der Waals surface area (Å²) in [6.45, 7) is 3.10. The monoisotopic (exact) mass is 377 g/mol. The first-order valence-electron chi connectivity index (χ1n) is 9.45. The highest BCUT2D eigenvalue weighted by atomic mass is 16.2. The van der Waals surface area contributed by atoms with Crippen molar-refractivity contribution in [2.24, 2.45) is 11.7 Å². The second-order valence-corrected chi connectivity index (χ2v) is 7.17. The summed E-state index contributed by atoms with van der Waals surface area (Å²) in [5, 5.41) is 8.17. The second-order valence-electron chi connectivity index (χ2n) is 7.17. The summed E-state index contributed by atoms with van der Waals surface area (Å²) >= 11 is 0. The summed E-state index contributed by atoms with van der Waals surface area (Å²) < 4.78 is 1.88. The van der Waals surface area contributed by atoms with Crippen molar-refractivity contribution in [2.45, 2.75) is 26.3 Å². The first-order valence-corrected chi connectivity index (χ1v) is 9.45. The van der Waals surface area contributed by atoms with Crippen LogP contribution >= 0.6 is 0 Å². The van der Waals surface area contributed by atoms with Crippen molar-refractivity contribution in [3.05, 3.63) is 54.2 Å². The van der Waals surface area contributed by atoms with E-state index in [0.29, 0.717) is 18.8 Å². The number of hydrogen-bond acceptors (Lipinski definition) is 3. The molecule has 0 saturated heterocycles. The number of hydrogen-bond donors (Lipinski definition) is 2. The third-order valence-corrected chi connectivity index (χ3v) is 5.19. The lowest BCUT2D eigenvalue weighted by molar-refractivity contribution is -0.122. The molecule has 3 aromatic rings. The van der Waals surface area contributed by atoms with Gasteiger partial charge in [0.1, 0.15) is 0 Å². The molecule has 7 heteroatoms. The van der Waals surface area contributed by atoms with Gasteiger partial charge < -0.3 is 16.0 Å². The Hall–Kier alpha value is -3.35. The fourth-order valence-corrected chi connectivity index (χ4v) is 3.88. The van der Waals surface area contributed by atoms with Gasteiger partial charge in [0.15, 0.2) is 0 Å². The van der Waals surface area contributed by atoms with E-state index in [1.54, 1.807) is 0 Å². The number of aromatic nitrogens is 2. The van der Waals surface area contributed by atoms with Crippen LogP contribution in [0, 0.1) is 5.92 Å². The summed E-state index contributed by atoms with van der Waals surface area (Å²) in [5.41, 5.74) is 8.78. The Kier molecular flexibility index (Phi) is 4.73. The van der Waals surface area contributed by atoms with Crippen molar-refractivity contribution in [1.82, 2.24) is 9.78 Å². The minimum absolute atomic E-state index is 0.0526. The number of carbonyl (C=O) groups is 2. The van der Waals surface area contributed by atoms with Gasteiger partial charge in [0.2, 0.25) is 5.91 Å². The predicted molar refractivity (Wildman–Crippen MR) is 109 cm³/mol. The maximum atomic E-state index is 13.2. The van der Waals surface area contributed by atoms with Gasteiger partial charge in [-0.3, -0.25) is 9.48 Å². The molecule has 1 aliphatic rings. The Morgan fingerprint density at radius 2 is 2.04 bits per heavy atom. The van der Waals surface area contributed by atoms with Gasteiger partial charge in [-0.05, 0) is 36.6 Å². The van der Waals surface area contributed by atoms with Gasteiger partial charge in [-0.15, -0.1) is 0 Å². The summed E-state index contributed by atoms with van der Waals surface area (Å²) in [7, 11) is 0. The first kappa shape index (κ1) is 18.0. The molecule has 1 atom stereocenters. The highest BCUT2D eigenvalue weighted by Gasteiger charge is 2.28. The molecule has 0 fully saturated rings. The molecule has 0 spiro atoms. The lowest BCUT2D eigenvalue weighted by atomic mass is 9.98. The van der Waals surface area contributed by atoms with Crippen LogP contribution in [-0.4, -0.2) is 28.3 Å². The topological polar surface area (TPSA) is 93.2 Å². The molecule has 0 radical (unpaired) electrons. The van der Waals surface area contributed by atoms with Gasteiger partial charge in [0.25, 0.3) is 0 Å². The summed E-state index contributed by atoms with van der Waals surface area (Å²) in [6, 6.07) is 13.0. The number of nitrogens with two attached hydrogens (primary N) is 1. The first-order chi connectivity index (χ1) is 13.5. The molecule has 0 aliphatic carbocycles. The van der Waals surface area contributed by atoms with E-state index in [9.17, 15) is 9.59 Å². The van der Waals surface area contributed by atoms with Crippen molar-refractivity contribution in [1.29, 1.82) is 0 Å². The van der Waals surface area contributed by atoms with Crippen LogP contribution in [0.15, 0.2) is 48.7 Å². The van der Waals surface area contributed by atoms with E-state index in [0.717, 1.165) is 35.0 Å². The molecular weight excluding hydrogens is 354 g/mol. The SMILES string of the molecule is CC(Cn1ncc2ccccc21)C(=O)N1CCCc2c(NC(N)=O)cccc21. The molecule has 28 heavy (non-hydrogen) atoms. The Balaban J connectivity index is 1.58. The normalized spacial score (nSPS) is 14.5. The number of benzene rings is 2. The number of amides is 3. The highest BCUT2D eigenvalue weighted by molar-refractivity contribution is 5.98. The molecule has 0 bridgehead atoms. The number of nitrogens with zero attached hydrogens (tertiary/aromatic N) is 3. The average molecular weight is 377 g/mol. The van der Waals surface area contributed by atoms with Gasteiger partial charge in [0.05, 0.1) is 24.2 Å². The van der Waals surface area contributed by atoms with Gasteiger partial charge in [-0.1, -0.05) is 31.2 Å². The molecule has 7 nitrogen and oxygen atoms in total. The average Bonchev–Trinajstić information content (AvgIpc) is 3.10. The predicted octanol–water partition coefficient (Wildman–Crippen LogP) is 3.14. The molecule has 1 unspecified atom stereocenters. The van der Waals surface area contributed by atoms with E-state index in [1.807, 2.05) is 65.2 Å². The second kappa shape index (κ2) is 7.34. The fraction of sp³-hybridized carbons (Fsp3) is 0.286. The Morgan fingerprint density at radius 1 is 1.21 bits per heavy atom. The van der Waals surface area contributed by atoms with Crippen LogP contribution < -0.4 is 16.0 Å². The van der Waals surface area contributed by atoms with Crippen LogP contribution in [0.1, 0.15) is 18.9 Å². The molecule has 0 saturated carbocycles. The Bertz CT molecular complexity index is 1040. The van der Waals surface area contributed by atoms with Gasteiger partial charge >= 0.3 is 6.03 Å². The highest BCUT2D eigenvalue weighted by Crippen LogP contribution is 2.33. The van der Waals surface area contributed by atoms with Crippen LogP contribution in [0.5, 0.6) is 0 Å². The van der Waals surface area contributed by atoms with Crippen LogP contribution in [-0.2, 0) is 17.8 Å². The molecule has 3 amide bonds. The number of urea groups is 1. The largest absolute Gasteiger partial charge is 0.351 e. The zero-order valence-corrected chi connectivity index (χ0v) is 15.8. The van der Waals surface area contributed by atoms with Gasteiger partial charge in [-0.2, -0.15) is 5.10 Å². The minimum atomic E-state index is -0.601. The number of anilines is 2. The molecule has 2 heterocycles. The molecule has 1 aromatic heterocycles. The maximum Gasteiger partial charge on any atom is 0.316 e. The van der Waals surface area contributed by atoms with Crippen LogP contribution in [0.2, 0.25) is 0 Å². The van der Waals surface area contributed by atoms with Crippen LogP contribution in [0.25, 0.3) is 10.9 Å². The number of para-hydroxylation sites is 1. The van der Waals surface area contributed by atoms with Crippen molar-refractivity contribution < 1.29 is 9.59 Å². The van der Waals surface area contributed by atoms with E-state index in [-0.39, 0.29) is 11.8 Å². The van der Waals surface area contributed by atoms with E-state index in [1.165, 1.54) is 0 Å². The number of primary amides is 1. The van der Waals surface area contributed by atoms with Crippen LogP contribution in [0.3, 0.4) is 0 Å². The summed E-state index contributed by atoms with van der Waals surface area (Å²) in [6.07, 6.45) is 3.46. The standard InChI is InChI=1S/C21H23N5O2/c1-14(13-26-18-9-3-2-6-15(18)12-23-26)20(27)25-11-5-7-16-17(24-21(22)28)8-4-10-19(16)25/h2-4,6,8-10,12,14H,5,7,11,13H2,1H3,(H3,22,24,28). The van der Waals surface area contributed by atoms with E-state index in [4.69, 9.17) is 5.73 Å². The summed E-state index contributed by atoms with van der Waals surface area (Å²) in [5.74, 6) is -0.182. The quantitative estimate of drug-likeness (QED) is 0.731. The van der Waals surface area contributed by atoms with E-state index in [2.05, 4.69) is 10.4 Å². The summed E-state index contributed by atoms with van der Waals surface area (Å²) in [4.78, 5) is 26.3. The number of fused-ring (bicyclic) bond motifs is 2. The van der Waals surface area contributed by atoms with Crippen LogP contribution in [0.4, 0.5) is 16.2 Å². The van der Waals surface area contributed by atoms with Gasteiger partial charge in [0, 0.05) is 23.3 Å². The Morgan fingerprint density at radius 3 is 2.86 bits per heavy atom. The molecular formula is C21H23N5O2. The number of nitrogens with one attached hydrogen (secondary N) is 1. The molecule has 1 aliphatic heterocycles. The maximum absolute atomic E-state index is 13.2. The van der Waals surface area contributed by atoms with Crippen molar-refractivity contribution >= 4 is 34.2 Å². The van der Waals surface area contributed by atoms with Crippen molar-refractivity contribution in [3.63, 3.8) is 0 Å². The zero-order chi connectivity index (χ0) is 19.7. The molecule has 144 valence electrons. The lowest BCUT2D eigenvalue weighted by Gasteiger charge is -2.32. The number of rotatable bonds is 4. The fourth-order valence-electron chi connectivity index (χ4n) is 3.88. The Labute approximate surface area is 163 Å². The third kappa shape index (κ3) is 3.31. The number of carbonyl (C=O) groups excluding carboxylic acids is 2. The lowest BCUT2D eigenvalue weighted by Crippen LogP contribution is -2.40. The van der Waals surface area contributed by atoms with Crippen molar-refractivity contribution in [3.8, 4) is 0 Å². The molecule has 2 aromatic carbocycles. The smallest absolute Gasteiger partial charge is 0.316 e. The van der Waals surface area contributed by atoms with E-state index >= 15 is 0 Å². The zero-order valence-electron chi connectivity index (χ0n) is 15.8. The van der Waals surface area contributed by atoms with E-state index < -0.39 is 6.03 Å². The van der Waals surface area contributed by atoms with Gasteiger partial charge in [-0.25, -0.2) is 4.79 Å².